The van der Waals surface area contributed by atoms with Crippen LogP contribution < -0.4 is 15.0 Å². The molecule has 1 aliphatic heterocycles. The van der Waals surface area contributed by atoms with Crippen LogP contribution in [0, 0.1) is 5.92 Å². The van der Waals surface area contributed by atoms with Gasteiger partial charge in [0.2, 0.25) is 0 Å². The van der Waals surface area contributed by atoms with Gasteiger partial charge in [0.15, 0.2) is 0 Å². The second kappa shape index (κ2) is 7.34. The summed E-state index contributed by atoms with van der Waals surface area (Å²) >= 11 is 0. The number of piperidine rings is 1. The predicted octanol–water partition coefficient (Wildman–Crippen LogP) is 3.58. The summed E-state index contributed by atoms with van der Waals surface area (Å²) in [6, 6.07) is 9.28. The fraction of sp³-hybridized carbons (Fsp3) is 0.368. The highest BCUT2D eigenvalue weighted by Gasteiger charge is 2.18. The van der Waals surface area contributed by atoms with Gasteiger partial charge in [0, 0.05) is 19.3 Å². The maximum Gasteiger partial charge on any atom is 0.257 e. The van der Waals surface area contributed by atoms with Crippen molar-refractivity contribution in [1.29, 1.82) is 0 Å². The van der Waals surface area contributed by atoms with Gasteiger partial charge in [-0.2, -0.15) is 0 Å². The first-order valence-corrected chi connectivity index (χ1v) is 8.31. The molecule has 0 atom stereocenters. The van der Waals surface area contributed by atoms with E-state index in [0.717, 1.165) is 24.7 Å². The second-order valence-electron chi connectivity index (χ2n) is 6.26. The molecule has 3 rings (SSSR count). The van der Waals surface area contributed by atoms with Crippen molar-refractivity contribution in [3.05, 3.63) is 48.3 Å². The lowest BCUT2D eigenvalue weighted by Crippen LogP contribution is -2.33. The minimum Gasteiger partial charge on any atom is -0.495 e. The van der Waals surface area contributed by atoms with E-state index in [9.17, 15) is 4.79 Å². The highest BCUT2D eigenvalue weighted by molar-refractivity contribution is 6.05. The molecule has 24 heavy (non-hydrogen) atoms. The van der Waals surface area contributed by atoms with Crippen LogP contribution in [0.1, 0.15) is 30.1 Å². The fourth-order valence-corrected chi connectivity index (χ4v) is 2.93. The van der Waals surface area contributed by atoms with Crippen LogP contribution in [-0.4, -0.2) is 31.1 Å². The van der Waals surface area contributed by atoms with E-state index in [2.05, 4.69) is 22.1 Å². The number of hydrogen-bond donors (Lipinski definition) is 1. The van der Waals surface area contributed by atoms with Crippen molar-refractivity contribution < 1.29 is 9.53 Å². The number of methoxy groups -OCH3 is 1. The van der Waals surface area contributed by atoms with E-state index in [1.165, 1.54) is 12.8 Å². The Balaban J connectivity index is 1.75. The third-order valence-corrected chi connectivity index (χ3v) is 4.49. The van der Waals surface area contributed by atoms with E-state index < -0.39 is 0 Å². The van der Waals surface area contributed by atoms with Crippen LogP contribution >= 0.6 is 0 Å². The molecule has 1 aliphatic rings. The second-order valence-corrected chi connectivity index (χ2v) is 6.26. The van der Waals surface area contributed by atoms with E-state index in [-0.39, 0.29) is 5.91 Å². The topological polar surface area (TPSA) is 54.5 Å². The zero-order valence-electron chi connectivity index (χ0n) is 14.2. The summed E-state index contributed by atoms with van der Waals surface area (Å²) in [6.45, 7) is 4.31. The highest BCUT2D eigenvalue weighted by Crippen LogP contribution is 2.25. The molecule has 0 aliphatic carbocycles. The number of carbonyl (C=O) groups is 1. The minimum absolute atomic E-state index is 0.181. The molecule has 0 bridgehead atoms. The summed E-state index contributed by atoms with van der Waals surface area (Å²) in [5, 5.41) is 2.89. The van der Waals surface area contributed by atoms with Gasteiger partial charge < -0.3 is 15.0 Å². The van der Waals surface area contributed by atoms with Crippen molar-refractivity contribution in [2.24, 2.45) is 5.92 Å². The van der Waals surface area contributed by atoms with Crippen molar-refractivity contribution in [2.45, 2.75) is 19.8 Å². The molecule has 1 N–H and O–H groups in total. The van der Waals surface area contributed by atoms with Gasteiger partial charge >= 0.3 is 0 Å². The molecule has 1 aromatic carbocycles. The molecule has 0 radical (unpaired) electrons. The molecule has 1 fully saturated rings. The number of hydrogen-bond acceptors (Lipinski definition) is 4. The molecule has 0 unspecified atom stereocenters. The summed E-state index contributed by atoms with van der Waals surface area (Å²) < 4.78 is 5.27. The van der Waals surface area contributed by atoms with Gasteiger partial charge in [0.25, 0.3) is 5.91 Å². The molecule has 1 amide bonds. The smallest absolute Gasteiger partial charge is 0.257 e. The number of aromatic nitrogens is 1. The van der Waals surface area contributed by atoms with Gasteiger partial charge in [-0.15, -0.1) is 0 Å². The van der Waals surface area contributed by atoms with Crippen LogP contribution in [0.25, 0.3) is 0 Å². The molecule has 0 spiro atoms. The number of rotatable bonds is 4. The lowest BCUT2D eigenvalue weighted by Gasteiger charge is -2.32. The Morgan fingerprint density at radius 1 is 1.25 bits per heavy atom. The van der Waals surface area contributed by atoms with Gasteiger partial charge in [0.05, 0.1) is 30.2 Å². The molecular weight excluding hydrogens is 302 g/mol. The zero-order valence-corrected chi connectivity index (χ0v) is 14.2. The SMILES string of the molecule is COc1ccccc1NC(=O)c1cncc(N2CCC(C)CC2)c1. The quantitative estimate of drug-likeness (QED) is 0.933. The fourth-order valence-electron chi connectivity index (χ4n) is 2.93. The minimum atomic E-state index is -0.181. The Morgan fingerprint density at radius 2 is 2.00 bits per heavy atom. The van der Waals surface area contributed by atoms with E-state index in [0.29, 0.717) is 17.0 Å². The number of ether oxygens (including phenoxy) is 1. The van der Waals surface area contributed by atoms with Crippen molar-refractivity contribution in [1.82, 2.24) is 4.98 Å². The third kappa shape index (κ3) is 3.67. The Morgan fingerprint density at radius 3 is 2.75 bits per heavy atom. The average molecular weight is 325 g/mol. The van der Waals surface area contributed by atoms with Crippen LogP contribution in [0.2, 0.25) is 0 Å². The molecule has 2 aromatic rings. The summed E-state index contributed by atoms with van der Waals surface area (Å²) in [4.78, 5) is 19.1. The standard InChI is InChI=1S/C19H23N3O2/c1-14-7-9-22(10-8-14)16-11-15(12-20-13-16)19(23)21-17-5-3-4-6-18(17)24-2/h3-6,11-14H,7-10H2,1-2H3,(H,21,23). The largest absolute Gasteiger partial charge is 0.495 e. The number of anilines is 2. The lowest BCUT2D eigenvalue weighted by molar-refractivity contribution is 0.102. The molecule has 126 valence electrons. The molecule has 1 saturated heterocycles. The van der Waals surface area contributed by atoms with Gasteiger partial charge in [-0.1, -0.05) is 19.1 Å². The van der Waals surface area contributed by atoms with E-state index in [1.807, 2.05) is 36.5 Å². The molecule has 5 nitrogen and oxygen atoms in total. The van der Waals surface area contributed by atoms with Crippen LogP contribution in [0.4, 0.5) is 11.4 Å². The van der Waals surface area contributed by atoms with Crippen LogP contribution in [0.15, 0.2) is 42.7 Å². The first-order valence-electron chi connectivity index (χ1n) is 8.31. The Bertz CT molecular complexity index is 709. The van der Waals surface area contributed by atoms with Crippen molar-refractivity contribution in [3.63, 3.8) is 0 Å². The van der Waals surface area contributed by atoms with E-state index in [1.54, 1.807) is 13.3 Å². The summed E-state index contributed by atoms with van der Waals surface area (Å²) in [5.74, 6) is 1.23. The van der Waals surface area contributed by atoms with Crippen LogP contribution in [0.5, 0.6) is 5.75 Å². The number of amides is 1. The number of carbonyl (C=O) groups excluding carboxylic acids is 1. The number of nitrogens with zero attached hydrogens (tertiary/aromatic N) is 2. The van der Waals surface area contributed by atoms with Gasteiger partial charge in [-0.3, -0.25) is 9.78 Å². The third-order valence-electron chi connectivity index (χ3n) is 4.49. The summed E-state index contributed by atoms with van der Waals surface area (Å²) in [5.41, 5.74) is 2.22. The Hall–Kier alpha value is -2.56. The van der Waals surface area contributed by atoms with Gasteiger partial charge in [-0.25, -0.2) is 0 Å². The Labute approximate surface area is 142 Å². The summed E-state index contributed by atoms with van der Waals surface area (Å²) in [7, 11) is 1.59. The number of benzene rings is 1. The monoisotopic (exact) mass is 325 g/mol. The molecule has 1 aromatic heterocycles. The van der Waals surface area contributed by atoms with Crippen molar-refractivity contribution >= 4 is 17.3 Å². The van der Waals surface area contributed by atoms with E-state index >= 15 is 0 Å². The maximum absolute atomic E-state index is 12.5. The van der Waals surface area contributed by atoms with Gasteiger partial charge in [0.1, 0.15) is 5.75 Å². The number of para-hydroxylation sites is 2. The van der Waals surface area contributed by atoms with E-state index in [4.69, 9.17) is 4.74 Å². The lowest BCUT2D eigenvalue weighted by atomic mass is 9.99. The molecule has 2 heterocycles. The number of nitrogens with one attached hydrogen (secondary N) is 1. The average Bonchev–Trinajstić information content (AvgIpc) is 2.63. The first-order chi connectivity index (χ1) is 11.7. The Kier molecular flexibility index (Phi) is 4.99. The molecular formula is C19H23N3O2. The van der Waals surface area contributed by atoms with Crippen LogP contribution in [-0.2, 0) is 0 Å². The van der Waals surface area contributed by atoms with Gasteiger partial charge in [-0.05, 0) is 37.0 Å². The molecule has 5 heteroatoms. The maximum atomic E-state index is 12.5. The van der Waals surface area contributed by atoms with Crippen LogP contribution in [0.3, 0.4) is 0 Å². The first kappa shape index (κ1) is 16.3. The zero-order chi connectivity index (χ0) is 16.9. The normalized spacial score (nSPS) is 15.2. The summed E-state index contributed by atoms with van der Waals surface area (Å²) in [6.07, 6.45) is 5.78. The van der Waals surface area contributed by atoms with Crippen molar-refractivity contribution in [2.75, 3.05) is 30.4 Å². The predicted molar refractivity (Wildman–Crippen MR) is 95.8 cm³/mol. The number of pyridine rings is 1. The van der Waals surface area contributed by atoms with Crippen molar-refractivity contribution in [3.8, 4) is 5.75 Å². The highest BCUT2D eigenvalue weighted by atomic mass is 16.5. The molecule has 0 saturated carbocycles.